The number of likely N-dealkylation sites (N-methyl/N-ethyl adjacent to an activating group) is 1. The number of hydrogen-bond acceptors (Lipinski definition) is 4. The van der Waals surface area contributed by atoms with Crippen LogP contribution in [-0.2, 0) is 11.2 Å². The van der Waals surface area contributed by atoms with Crippen molar-refractivity contribution in [3.8, 4) is 0 Å². The molecule has 1 amide bonds. The van der Waals surface area contributed by atoms with Crippen molar-refractivity contribution in [3.05, 3.63) is 52.1 Å². The van der Waals surface area contributed by atoms with Gasteiger partial charge in [0.1, 0.15) is 5.82 Å². The average molecular weight is 359 g/mol. The highest BCUT2D eigenvalue weighted by atomic mass is 35.5. The monoisotopic (exact) mass is 358 g/mol. The van der Waals surface area contributed by atoms with Gasteiger partial charge in [-0.3, -0.25) is 9.78 Å². The Kier molecular flexibility index (Phi) is 3.55. The fraction of sp³-hybridized carbons (Fsp3) is 0.118. The Morgan fingerprint density at radius 3 is 2.67 bits per heavy atom. The van der Waals surface area contributed by atoms with Gasteiger partial charge >= 0.3 is 0 Å². The lowest BCUT2D eigenvalue weighted by Crippen LogP contribution is -2.20. The summed E-state index contributed by atoms with van der Waals surface area (Å²) in [5, 5.41) is 4.10. The molecule has 0 aliphatic carbocycles. The molecular weight excluding hydrogens is 347 g/mol. The van der Waals surface area contributed by atoms with Crippen molar-refractivity contribution >= 4 is 57.3 Å². The smallest absolute Gasteiger partial charge is 0.231 e. The van der Waals surface area contributed by atoms with E-state index in [9.17, 15) is 4.79 Å². The van der Waals surface area contributed by atoms with Crippen molar-refractivity contribution < 1.29 is 4.79 Å². The third kappa shape index (κ3) is 2.56. The first kappa shape index (κ1) is 15.2. The van der Waals surface area contributed by atoms with Crippen molar-refractivity contribution in [3.63, 3.8) is 0 Å². The zero-order valence-corrected chi connectivity index (χ0v) is 14.2. The normalized spacial score (nSPS) is 13.5. The molecule has 24 heavy (non-hydrogen) atoms. The second-order valence-electron chi connectivity index (χ2n) is 5.61. The van der Waals surface area contributed by atoms with Gasteiger partial charge in [-0.15, -0.1) is 0 Å². The van der Waals surface area contributed by atoms with Gasteiger partial charge in [0.25, 0.3) is 0 Å². The minimum absolute atomic E-state index is 0.0965. The number of amides is 1. The lowest BCUT2D eigenvalue weighted by molar-refractivity contribution is -0.117. The molecule has 0 spiro atoms. The molecule has 1 N–H and O–H groups in total. The number of carbonyl (C=O) groups is 1. The molecule has 7 heteroatoms. The Morgan fingerprint density at radius 1 is 1.12 bits per heavy atom. The Balaban J connectivity index is 1.66. The van der Waals surface area contributed by atoms with Gasteiger partial charge in [0.05, 0.1) is 33.7 Å². The number of nitrogens with zero attached hydrogens (tertiary/aromatic N) is 3. The summed E-state index contributed by atoms with van der Waals surface area (Å²) in [4.78, 5) is 22.3. The van der Waals surface area contributed by atoms with Crippen LogP contribution in [0.2, 0.25) is 10.0 Å². The minimum atomic E-state index is 0.0965. The molecule has 1 aromatic heterocycles. The highest BCUT2D eigenvalue weighted by Crippen LogP contribution is 2.31. The van der Waals surface area contributed by atoms with Crippen molar-refractivity contribution in [1.29, 1.82) is 0 Å². The van der Waals surface area contributed by atoms with E-state index in [0.717, 1.165) is 16.9 Å². The number of halogens is 2. The van der Waals surface area contributed by atoms with Crippen LogP contribution in [-0.4, -0.2) is 22.9 Å². The Hall–Kier alpha value is -2.37. The van der Waals surface area contributed by atoms with Crippen LogP contribution in [0.4, 0.5) is 17.2 Å². The van der Waals surface area contributed by atoms with Crippen LogP contribution < -0.4 is 10.2 Å². The van der Waals surface area contributed by atoms with E-state index in [-0.39, 0.29) is 5.91 Å². The van der Waals surface area contributed by atoms with Gasteiger partial charge < -0.3 is 10.2 Å². The summed E-state index contributed by atoms with van der Waals surface area (Å²) in [6, 6.07) is 9.17. The van der Waals surface area contributed by atoms with Crippen LogP contribution >= 0.6 is 23.2 Å². The zero-order chi connectivity index (χ0) is 16.8. The van der Waals surface area contributed by atoms with Crippen LogP contribution in [0.1, 0.15) is 5.56 Å². The molecule has 0 saturated heterocycles. The van der Waals surface area contributed by atoms with Gasteiger partial charge in [-0.2, -0.15) is 0 Å². The molecule has 0 fully saturated rings. The summed E-state index contributed by atoms with van der Waals surface area (Å²) in [5.74, 6) is 0.692. The summed E-state index contributed by atoms with van der Waals surface area (Å²) in [5.41, 5.74) is 4.12. The summed E-state index contributed by atoms with van der Waals surface area (Å²) in [6.45, 7) is 0. The molecule has 1 aliphatic heterocycles. The van der Waals surface area contributed by atoms with E-state index in [0.29, 0.717) is 33.3 Å². The summed E-state index contributed by atoms with van der Waals surface area (Å²) >= 11 is 12.0. The zero-order valence-electron chi connectivity index (χ0n) is 12.7. The van der Waals surface area contributed by atoms with Crippen molar-refractivity contribution in [1.82, 2.24) is 9.97 Å². The van der Waals surface area contributed by atoms with Gasteiger partial charge in [-0.1, -0.05) is 23.2 Å². The average Bonchev–Trinajstić information content (AvgIpc) is 2.83. The number of nitrogens with one attached hydrogen (secondary N) is 1. The first-order chi connectivity index (χ1) is 11.5. The molecule has 120 valence electrons. The predicted octanol–water partition coefficient (Wildman–Crippen LogP) is 4.20. The number of anilines is 3. The maximum atomic E-state index is 11.8. The maximum absolute atomic E-state index is 11.8. The van der Waals surface area contributed by atoms with Crippen molar-refractivity contribution in [2.75, 3.05) is 17.3 Å². The van der Waals surface area contributed by atoms with Crippen LogP contribution in [0.5, 0.6) is 0 Å². The third-order valence-corrected chi connectivity index (χ3v) is 4.74. The summed E-state index contributed by atoms with van der Waals surface area (Å²) < 4.78 is 0. The fourth-order valence-electron chi connectivity index (χ4n) is 2.76. The topological polar surface area (TPSA) is 58.1 Å². The molecule has 0 atom stereocenters. The number of benzene rings is 2. The molecule has 1 aliphatic rings. The quantitative estimate of drug-likeness (QED) is 0.745. The fourth-order valence-corrected chi connectivity index (χ4v) is 3.08. The number of fused-ring (bicyclic) bond motifs is 2. The highest BCUT2D eigenvalue weighted by Gasteiger charge is 2.23. The summed E-state index contributed by atoms with van der Waals surface area (Å²) in [7, 11) is 1.78. The van der Waals surface area contributed by atoms with E-state index in [4.69, 9.17) is 23.2 Å². The number of aromatic nitrogens is 2. The van der Waals surface area contributed by atoms with Gasteiger partial charge in [0.2, 0.25) is 5.91 Å². The summed E-state index contributed by atoms with van der Waals surface area (Å²) in [6.07, 6.45) is 2.05. The van der Waals surface area contributed by atoms with Crippen LogP contribution in [0.25, 0.3) is 11.0 Å². The van der Waals surface area contributed by atoms with Gasteiger partial charge in [0, 0.05) is 18.4 Å². The van der Waals surface area contributed by atoms with Gasteiger partial charge in [0.15, 0.2) is 0 Å². The Bertz CT molecular complexity index is 990. The number of hydrogen-bond donors (Lipinski definition) is 1. The maximum Gasteiger partial charge on any atom is 0.231 e. The Labute approximate surface area is 148 Å². The largest absolute Gasteiger partial charge is 0.339 e. The third-order valence-electron chi connectivity index (χ3n) is 4.01. The first-order valence-corrected chi connectivity index (χ1v) is 8.05. The van der Waals surface area contributed by atoms with Crippen molar-refractivity contribution in [2.45, 2.75) is 6.42 Å². The van der Waals surface area contributed by atoms with E-state index in [2.05, 4.69) is 15.3 Å². The molecule has 4 rings (SSSR count). The number of rotatable bonds is 2. The van der Waals surface area contributed by atoms with E-state index in [1.165, 1.54) is 0 Å². The molecule has 0 unspecified atom stereocenters. The van der Waals surface area contributed by atoms with Crippen LogP contribution in [0.3, 0.4) is 0 Å². The second kappa shape index (κ2) is 5.61. The molecule has 0 radical (unpaired) electrons. The van der Waals surface area contributed by atoms with Crippen LogP contribution in [0.15, 0.2) is 36.5 Å². The first-order valence-electron chi connectivity index (χ1n) is 7.29. The van der Waals surface area contributed by atoms with E-state index >= 15 is 0 Å². The standard InChI is InChI=1S/C17H12Cl2N4O/c1-23-15-3-2-10(4-9(15)5-17(23)24)21-16-8-20-13-6-11(18)12(19)7-14(13)22-16/h2-4,6-8H,5H2,1H3,(H,21,22). The SMILES string of the molecule is CN1C(=O)Cc2cc(Nc3cnc4cc(Cl)c(Cl)cc4n3)ccc21. The second-order valence-corrected chi connectivity index (χ2v) is 6.42. The van der Waals surface area contributed by atoms with Crippen molar-refractivity contribution in [2.24, 2.45) is 0 Å². The van der Waals surface area contributed by atoms with E-state index in [1.807, 2.05) is 18.2 Å². The molecule has 2 aromatic carbocycles. The Morgan fingerprint density at radius 2 is 1.88 bits per heavy atom. The molecule has 3 aromatic rings. The lowest BCUT2D eigenvalue weighted by atomic mass is 10.1. The van der Waals surface area contributed by atoms with E-state index < -0.39 is 0 Å². The lowest BCUT2D eigenvalue weighted by Gasteiger charge is -2.11. The minimum Gasteiger partial charge on any atom is -0.339 e. The molecule has 2 heterocycles. The molecule has 0 saturated carbocycles. The van der Waals surface area contributed by atoms with E-state index in [1.54, 1.807) is 30.3 Å². The predicted molar refractivity (Wildman–Crippen MR) is 96.4 cm³/mol. The molecule has 5 nitrogen and oxygen atoms in total. The van der Waals surface area contributed by atoms with Gasteiger partial charge in [-0.25, -0.2) is 4.98 Å². The van der Waals surface area contributed by atoms with Gasteiger partial charge in [-0.05, 0) is 35.9 Å². The number of carbonyl (C=O) groups excluding carboxylic acids is 1. The molecule has 0 bridgehead atoms. The molecular formula is C17H12Cl2N4O. The van der Waals surface area contributed by atoms with Crippen LogP contribution in [0, 0.1) is 0 Å². The highest BCUT2D eigenvalue weighted by molar-refractivity contribution is 6.42.